The van der Waals surface area contributed by atoms with Crippen LogP contribution in [0.1, 0.15) is 32.1 Å². The maximum Gasteiger partial charge on any atom is 0.0140 e. The van der Waals surface area contributed by atoms with Crippen molar-refractivity contribution >= 4 is 22.6 Å². The molecule has 0 aromatic carbocycles. The van der Waals surface area contributed by atoms with E-state index in [2.05, 4.69) is 22.6 Å². The minimum atomic E-state index is 1.04. The molecule has 0 heterocycles. The topological polar surface area (TPSA) is 0 Å². The van der Waals surface area contributed by atoms with Gasteiger partial charge in [0, 0.05) is 3.92 Å². The third-order valence-corrected chi connectivity index (χ3v) is 4.49. The monoisotopic (exact) mass is 236 g/mol. The Balaban J connectivity index is 2.06. The maximum atomic E-state index is 2.65. The fourth-order valence-electron chi connectivity index (χ4n) is 2.30. The number of alkyl halides is 1. The van der Waals surface area contributed by atoms with Gasteiger partial charge in [-0.25, -0.2) is 0 Å². The Labute approximate surface area is 70.5 Å². The first-order valence-corrected chi connectivity index (χ1v) is 5.25. The molecule has 1 unspecified atom stereocenters. The molecule has 3 rings (SSSR count). The molecule has 0 aromatic rings. The fourth-order valence-corrected chi connectivity index (χ4v) is 3.73. The highest BCUT2D eigenvalue weighted by Crippen LogP contribution is 2.44. The summed E-state index contributed by atoms with van der Waals surface area (Å²) in [6.45, 7) is 0. The van der Waals surface area contributed by atoms with Gasteiger partial charge in [-0.05, 0) is 31.1 Å². The van der Waals surface area contributed by atoms with Crippen LogP contribution < -0.4 is 0 Å². The molecule has 3 aliphatic carbocycles. The highest BCUT2D eigenvalue weighted by Gasteiger charge is 2.33. The maximum absolute atomic E-state index is 2.65. The van der Waals surface area contributed by atoms with Crippen LogP contribution >= 0.6 is 22.6 Å². The van der Waals surface area contributed by atoms with E-state index < -0.39 is 0 Å². The summed E-state index contributed by atoms with van der Waals surface area (Å²) in [5.74, 6) is 2.23. The Hall–Kier alpha value is 0.730. The third-order valence-electron chi connectivity index (χ3n) is 2.96. The van der Waals surface area contributed by atoms with Crippen molar-refractivity contribution in [3.8, 4) is 0 Å². The first-order chi connectivity index (χ1) is 4.36. The Morgan fingerprint density at radius 3 is 1.89 bits per heavy atom. The Morgan fingerprint density at radius 2 is 1.67 bits per heavy atom. The second kappa shape index (κ2) is 2.40. The van der Waals surface area contributed by atoms with Gasteiger partial charge < -0.3 is 0 Å². The van der Waals surface area contributed by atoms with Gasteiger partial charge in [-0.15, -0.1) is 0 Å². The number of hydrogen-bond donors (Lipinski definition) is 0. The van der Waals surface area contributed by atoms with Gasteiger partial charge in [-0.3, -0.25) is 0 Å². The van der Waals surface area contributed by atoms with Gasteiger partial charge in [0.05, 0.1) is 0 Å². The molecule has 0 nitrogen and oxygen atoms in total. The molecule has 2 bridgehead atoms. The minimum Gasteiger partial charge on any atom is -0.0823 e. The molecule has 9 heavy (non-hydrogen) atoms. The van der Waals surface area contributed by atoms with Crippen LogP contribution in [0.3, 0.4) is 0 Å². The summed E-state index contributed by atoms with van der Waals surface area (Å²) in [7, 11) is 0. The smallest absolute Gasteiger partial charge is 0.0140 e. The average molecular weight is 236 g/mol. The lowest BCUT2D eigenvalue weighted by Crippen LogP contribution is -2.31. The predicted molar refractivity (Wildman–Crippen MR) is 47.9 cm³/mol. The molecule has 1 atom stereocenters. The van der Waals surface area contributed by atoms with Crippen LogP contribution in [0.4, 0.5) is 0 Å². The molecule has 3 fully saturated rings. The SMILES string of the molecule is IC1CC2CCC1CC2. The summed E-state index contributed by atoms with van der Waals surface area (Å²) >= 11 is 2.65. The van der Waals surface area contributed by atoms with Crippen molar-refractivity contribution in [3.63, 3.8) is 0 Å². The van der Waals surface area contributed by atoms with E-state index in [0.29, 0.717) is 0 Å². The van der Waals surface area contributed by atoms with Gasteiger partial charge >= 0.3 is 0 Å². The lowest BCUT2D eigenvalue weighted by molar-refractivity contribution is 0.191. The molecule has 0 aliphatic heterocycles. The highest BCUT2D eigenvalue weighted by atomic mass is 127. The zero-order chi connectivity index (χ0) is 6.27. The largest absolute Gasteiger partial charge is 0.0823 e. The molecular formula is C8H13I. The van der Waals surface area contributed by atoms with Crippen molar-refractivity contribution in [2.45, 2.75) is 36.0 Å². The first-order valence-electron chi connectivity index (χ1n) is 4.00. The number of fused-ring (bicyclic) bond motifs is 3. The molecule has 0 radical (unpaired) electrons. The number of rotatable bonds is 0. The fraction of sp³-hybridized carbons (Fsp3) is 1.00. The molecule has 3 saturated carbocycles. The summed E-state index contributed by atoms with van der Waals surface area (Å²) in [4.78, 5) is 0. The summed E-state index contributed by atoms with van der Waals surface area (Å²) in [5, 5.41) is 0. The normalized spacial score (nSPS) is 49.7. The highest BCUT2D eigenvalue weighted by molar-refractivity contribution is 14.1. The van der Waals surface area contributed by atoms with E-state index >= 15 is 0 Å². The Morgan fingerprint density at radius 1 is 1.00 bits per heavy atom. The van der Waals surface area contributed by atoms with E-state index in [0.717, 1.165) is 15.8 Å². The second-order valence-electron chi connectivity index (χ2n) is 3.53. The molecule has 0 amide bonds. The van der Waals surface area contributed by atoms with Gasteiger partial charge in [0.15, 0.2) is 0 Å². The van der Waals surface area contributed by atoms with Crippen molar-refractivity contribution in [2.24, 2.45) is 11.8 Å². The summed E-state index contributed by atoms with van der Waals surface area (Å²) in [5.41, 5.74) is 0. The molecule has 0 spiro atoms. The van der Waals surface area contributed by atoms with Gasteiger partial charge in [-0.2, -0.15) is 0 Å². The van der Waals surface area contributed by atoms with E-state index in [1.807, 2.05) is 0 Å². The van der Waals surface area contributed by atoms with E-state index in [9.17, 15) is 0 Å². The molecular weight excluding hydrogens is 223 g/mol. The van der Waals surface area contributed by atoms with Crippen molar-refractivity contribution in [3.05, 3.63) is 0 Å². The van der Waals surface area contributed by atoms with Gasteiger partial charge in [-0.1, -0.05) is 35.4 Å². The second-order valence-corrected chi connectivity index (χ2v) is 5.13. The lowest BCUT2D eigenvalue weighted by Gasteiger charge is -2.39. The van der Waals surface area contributed by atoms with Crippen molar-refractivity contribution in [1.29, 1.82) is 0 Å². The lowest BCUT2D eigenvalue weighted by atomic mass is 9.71. The zero-order valence-corrected chi connectivity index (χ0v) is 7.80. The molecule has 3 aliphatic rings. The van der Waals surface area contributed by atoms with Crippen LogP contribution in [0.25, 0.3) is 0 Å². The van der Waals surface area contributed by atoms with E-state index in [1.54, 1.807) is 12.8 Å². The summed E-state index contributed by atoms with van der Waals surface area (Å²) in [6, 6.07) is 0. The molecule has 0 N–H and O–H groups in total. The number of hydrogen-bond acceptors (Lipinski definition) is 0. The Kier molecular flexibility index (Phi) is 1.72. The Bertz CT molecular complexity index is 103. The van der Waals surface area contributed by atoms with Crippen LogP contribution in [0.2, 0.25) is 0 Å². The van der Waals surface area contributed by atoms with Gasteiger partial charge in [0.1, 0.15) is 0 Å². The minimum absolute atomic E-state index is 1.04. The van der Waals surface area contributed by atoms with E-state index in [4.69, 9.17) is 0 Å². The van der Waals surface area contributed by atoms with E-state index in [-0.39, 0.29) is 0 Å². The third kappa shape index (κ3) is 1.13. The van der Waals surface area contributed by atoms with Crippen molar-refractivity contribution < 1.29 is 0 Å². The van der Waals surface area contributed by atoms with Gasteiger partial charge in [0.2, 0.25) is 0 Å². The standard InChI is InChI=1S/C8H13I/c9-8-5-6-1-3-7(8)4-2-6/h6-8H,1-5H2. The predicted octanol–water partition coefficient (Wildman–Crippen LogP) is 3.00. The van der Waals surface area contributed by atoms with Crippen LogP contribution in [-0.4, -0.2) is 3.92 Å². The zero-order valence-electron chi connectivity index (χ0n) is 5.65. The van der Waals surface area contributed by atoms with Gasteiger partial charge in [0.25, 0.3) is 0 Å². The quantitative estimate of drug-likeness (QED) is 0.448. The van der Waals surface area contributed by atoms with Crippen molar-refractivity contribution in [2.75, 3.05) is 0 Å². The number of halogens is 1. The van der Waals surface area contributed by atoms with Crippen molar-refractivity contribution in [1.82, 2.24) is 0 Å². The van der Waals surface area contributed by atoms with Crippen LogP contribution in [-0.2, 0) is 0 Å². The molecule has 0 saturated heterocycles. The average Bonchev–Trinajstić information content (AvgIpc) is 1.90. The van der Waals surface area contributed by atoms with Crippen LogP contribution in [0, 0.1) is 11.8 Å². The molecule has 0 aromatic heterocycles. The molecule has 1 heteroatoms. The first kappa shape index (κ1) is 6.44. The molecule has 52 valence electrons. The summed E-state index contributed by atoms with van der Waals surface area (Å²) in [6.07, 6.45) is 7.70. The van der Waals surface area contributed by atoms with Crippen LogP contribution in [0.15, 0.2) is 0 Å². The van der Waals surface area contributed by atoms with E-state index in [1.165, 1.54) is 19.3 Å². The summed E-state index contributed by atoms with van der Waals surface area (Å²) < 4.78 is 1.04. The van der Waals surface area contributed by atoms with Crippen LogP contribution in [0.5, 0.6) is 0 Å².